The van der Waals surface area contributed by atoms with Gasteiger partial charge in [0.05, 0.1) is 6.61 Å². The van der Waals surface area contributed by atoms with Crippen LogP contribution in [0.5, 0.6) is 0 Å². The third-order valence-electron chi connectivity index (χ3n) is 2.27. The smallest absolute Gasteiger partial charge is 0.450 e. The Labute approximate surface area is 86.5 Å². The number of nitrogens with one attached hydrogen (secondary N) is 1. The molecule has 15 heavy (non-hydrogen) atoms. The van der Waals surface area contributed by atoms with E-state index in [9.17, 15) is 4.79 Å². The minimum atomic E-state index is -1.23. The van der Waals surface area contributed by atoms with Gasteiger partial charge >= 0.3 is 6.16 Å². The first-order valence-electron chi connectivity index (χ1n) is 4.68. The van der Waals surface area contributed by atoms with E-state index in [2.05, 4.69) is 9.72 Å². The molecule has 0 aliphatic heterocycles. The number of aromatic amines is 1. The van der Waals surface area contributed by atoms with Crippen LogP contribution in [-0.2, 0) is 11.2 Å². The molecule has 2 aromatic rings. The van der Waals surface area contributed by atoms with Gasteiger partial charge in [0.25, 0.3) is 0 Å². The van der Waals surface area contributed by atoms with Gasteiger partial charge in [-0.25, -0.2) is 4.79 Å². The molecule has 0 atom stereocenters. The molecule has 0 saturated carbocycles. The topological polar surface area (TPSA) is 62.3 Å². The maximum atomic E-state index is 10.2. The van der Waals surface area contributed by atoms with Gasteiger partial charge in [-0.05, 0) is 11.6 Å². The Morgan fingerprint density at radius 3 is 3.00 bits per heavy atom. The van der Waals surface area contributed by atoms with Crippen LogP contribution in [0.1, 0.15) is 5.56 Å². The van der Waals surface area contributed by atoms with Crippen molar-refractivity contribution in [1.29, 1.82) is 0 Å². The number of hydrogen-bond acceptors (Lipinski definition) is 2. The van der Waals surface area contributed by atoms with Crippen LogP contribution in [0.15, 0.2) is 30.5 Å². The molecule has 1 aromatic carbocycles. The fraction of sp³-hybridized carbons (Fsp3) is 0.182. The van der Waals surface area contributed by atoms with E-state index in [0.29, 0.717) is 6.42 Å². The van der Waals surface area contributed by atoms with Crippen molar-refractivity contribution in [3.63, 3.8) is 0 Å². The van der Waals surface area contributed by atoms with Crippen molar-refractivity contribution in [1.82, 2.24) is 4.98 Å². The van der Waals surface area contributed by atoms with E-state index < -0.39 is 6.16 Å². The number of carboxylic acid groups (broad SMARTS) is 1. The number of carbonyl (C=O) groups is 1. The second kappa shape index (κ2) is 4.04. The number of aromatic nitrogens is 1. The van der Waals surface area contributed by atoms with Crippen LogP contribution in [0.25, 0.3) is 10.9 Å². The van der Waals surface area contributed by atoms with E-state index in [4.69, 9.17) is 5.11 Å². The quantitative estimate of drug-likeness (QED) is 0.756. The lowest BCUT2D eigenvalue weighted by molar-refractivity contribution is 0.0928. The van der Waals surface area contributed by atoms with E-state index >= 15 is 0 Å². The number of hydrogen-bond donors (Lipinski definition) is 2. The van der Waals surface area contributed by atoms with Crippen LogP contribution < -0.4 is 0 Å². The Morgan fingerprint density at radius 2 is 2.20 bits per heavy atom. The van der Waals surface area contributed by atoms with Crippen molar-refractivity contribution in [3.05, 3.63) is 36.0 Å². The number of benzene rings is 1. The van der Waals surface area contributed by atoms with Crippen molar-refractivity contribution >= 4 is 17.1 Å². The summed E-state index contributed by atoms with van der Waals surface area (Å²) in [6.45, 7) is 0.192. The summed E-state index contributed by atoms with van der Waals surface area (Å²) >= 11 is 0. The molecule has 2 rings (SSSR count). The average molecular weight is 205 g/mol. The van der Waals surface area contributed by atoms with Gasteiger partial charge in [0.1, 0.15) is 0 Å². The van der Waals surface area contributed by atoms with Gasteiger partial charge in [-0.3, -0.25) is 0 Å². The lowest BCUT2D eigenvalue weighted by Gasteiger charge is -1.99. The van der Waals surface area contributed by atoms with Crippen LogP contribution in [0.2, 0.25) is 0 Å². The maximum Gasteiger partial charge on any atom is 0.505 e. The summed E-state index contributed by atoms with van der Waals surface area (Å²) in [5.41, 5.74) is 2.13. The van der Waals surface area contributed by atoms with Crippen molar-refractivity contribution in [2.75, 3.05) is 6.61 Å². The monoisotopic (exact) mass is 205 g/mol. The molecule has 0 bridgehead atoms. The van der Waals surface area contributed by atoms with E-state index in [1.165, 1.54) is 0 Å². The van der Waals surface area contributed by atoms with Gasteiger partial charge in [0.2, 0.25) is 0 Å². The van der Waals surface area contributed by atoms with Crippen LogP contribution in [0.4, 0.5) is 4.79 Å². The van der Waals surface area contributed by atoms with Crippen LogP contribution in [0, 0.1) is 0 Å². The molecule has 2 N–H and O–H groups in total. The fourth-order valence-electron chi connectivity index (χ4n) is 1.59. The van der Waals surface area contributed by atoms with Crippen molar-refractivity contribution < 1.29 is 14.6 Å². The fourth-order valence-corrected chi connectivity index (χ4v) is 1.59. The molecule has 4 heteroatoms. The third-order valence-corrected chi connectivity index (χ3v) is 2.27. The predicted molar refractivity (Wildman–Crippen MR) is 56.0 cm³/mol. The van der Waals surface area contributed by atoms with E-state index in [-0.39, 0.29) is 6.61 Å². The number of H-pyrrole nitrogens is 1. The number of rotatable bonds is 3. The molecule has 0 unspecified atom stereocenters. The highest BCUT2D eigenvalue weighted by Gasteiger charge is 2.03. The first-order valence-corrected chi connectivity index (χ1v) is 4.68. The number of ether oxygens (including phenoxy) is 1. The molecule has 1 aromatic heterocycles. The SMILES string of the molecule is O=C(O)OCCc1c[nH]c2ccccc12. The van der Waals surface area contributed by atoms with Crippen molar-refractivity contribution in [2.24, 2.45) is 0 Å². The number of fused-ring (bicyclic) bond motifs is 1. The second-order valence-electron chi connectivity index (χ2n) is 3.22. The molecular formula is C11H11NO3. The highest BCUT2D eigenvalue weighted by molar-refractivity contribution is 5.83. The van der Waals surface area contributed by atoms with E-state index in [1.54, 1.807) is 0 Å². The standard InChI is InChI=1S/C11H11NO3/c13-11(14)15-6-5-8-7-12-10-4-2-1-3-9(8)10/h1-4,7,12H,5-6H2,(H,13,14). The number of para-hydroxylation sites is 1. The van der Waals surface area contributed by atoms with Gasteiger partial charge in [-0.15, -0.1) is 0 Å². The molecule has 0 aliphatic rings. The lowest BCUT2D eigenvalue weighted by atomic mass is 10.1. The summed E-state index contributed by atoms with van der Waals surface area (Å²) in [6, 6.07) is 7.90. The lowest BCUT2D eigenvalue weighted by Crippen LogP contribution is -2.03. The minimum Gasteiger partial charge on any atom is -0.450 e. The molecule has 4 nitrogen and oxygen atoms in total. The molecule has 0 radical (unpaired) electrons. The van der Waals surface area contributed by atoms with Crippen molar-refractivity contribution in [2.45, 2.75) is 6.42 Å². The minimum absolute atomic E-state index is 0.192. The zero-order valence-electron chi connectivity index (χ0n) is 8.06. The first-order chi connectivity index (χ1) is 7.27. The molecule has 0 fully saturated rings. The zero-order chi connectivity index (χ0) is 10.7. The molecule has 0 saturated heterocycles. The Balaban J connectivity index is 2.11. The predicted octanol–water partition coefficient (Wildman–Crippen LogP) is 2.41. The Kier molecular flexibility index (Phi) is 2.58. The van der Waals surface area contributed by atoms with E-state index in [1.807, 2.05) is 30.5 Å². The van der Waals surface area contributed by atoms with Gasteiger partial charge in [0, 0.05) is 23.5 Å². The zero-order valence-corrected chi connectivity index (χ0v) is 8.06. The Hall–Kier alpha value is -1.97. The molecular weight excluding hydrogens is 194 g/mol. The summed E-state index contributed by atoms with van der Waals surface area (Å²) in [6.07, 6.45) is 1.25. The Bertz CT molecular complexity index is 475. The molecule has 0 aliphatic carbocycles. The third kappa shape index (κ3) is 2.10. The summed E-state index contributed by atoms with van der Waals surface area (Å²) in [4.78, 5) is 13.3. The molecule has 1 heterocycles. The van der Waals surface area contributed by atoms with E-state index in [0.717, 1.165) is 16.5 Å². The summed E-state index contributed by atoms with van der Waals surface area (Å²) < 4.78 is 4.47. The summed E-state index contributed by atoms with van der Waals surface area (Å²) in [7, 11) is 0. The summed E-state index contributed by atoms with van der Waals surface area (Å²) in [5, 5.41) is 9.44. The summed E-state index contributed by atoms with van der Waals surface area (Å²) in [5.74, 6) is 0. The molecule has 78 valence electrons. The maximum absolute atomic E-state index is 10.2. The van der Waals surface area contributed by atoms with Crippen LogP contribution in [0.3, 0.4) is 0 Å². The largest absolute Gasteiger partial charge is 0.505 e. The molecule has 0 spiro atoms. The van der Waals surface area contributed by atoms with Crippen LogP contribution in [-0.4, -0.2) is 22.9 Å². The van der Waals surface area contributed by atoms with Gasteiger partial charge < -0.3 is 14.8 Å². The van der Waals surface area contributed by atoms with Crippen molar-refractivity contribution in [3.8, 4) is 0 Å². The Morgan fingerprint density at radius 1 is 1.40 bits per heavy atom. The first kappa shape index (κ1) is 9.58. The van der Waals surface area contributed by atoms with Crippen LogP contribution >= 0.6 is 0 Å². The second-order valence-corrected chi connectivity index (χ2v) is 3.22. The highest BCUT2D eigenvalue weighted by Crippen LogP contribution is 2.17. The van der Waals surface area contributed by atoms with Gasteiger partial charge in [-0.1, -0.05) is 18.2 Å². The highest BCUT2D eigenvalue weighted by atomic mass is 16.7. The molecule has 0 amide bonds. The van der Waals surface area contributed by atoms with Gasteiger partial charge in [0.15, 0.2) is 0 Å². The average Bonchev–Trinajstić information content (AvgIpc) is 2.62. The van der Waals surface area contributed by atoms with Gasteiger partial charge in [-0.2, -0.15) is 0 Å². The normalized spacial score (nSPS) is 10.4.